The Morgan fingerprint density at radius 3 is 2.25 bits per heavy atom. The highest BCUT2D eigenvalue weighted by atomic mass is 32.1. The standard InChI is InChI=1S/C28H33N3O4S/c1-19(32)34-35-24-16-14-22(15-17-24)21-10-12-23(13-11-21)26(33)31(28(2,3)4)27-30-29-25(36-27)18-20-8-6-5-7-9-20/h5-13,22,24H,14-18H2,1-4H3. The van der Waals surface area contributed by atoms with E-state index in [-0.39, 0.29) is 12.0 Å². The third kappa shape index (κ3) is 6.56. The second-order valence-electron chi connectivity index (χ2n) is 10.2. The Morgan fingerprint density at radius 2 is 1.64 bits per heavy atom. The first-order valence-electron chi connectivity index (χ1n) is 12.4. The first-order chi connectivity index (χ1) is 17.2. The average Bonchev–Trinajstić information content (AvgIpc) is 3.30. The first-order valence-corrected chi connectivity index (χ1v) is 13.2. The number of carbonyl (C=O) groups excluding carboxylic acids is 2. The summed E-state index contributed by atoms with van der Waals surface area (Å²) in [4.78, 5) is 36.2. The number of hydrogen-bond donors (Lipinski definition) is 0. The fourth-order valence-electron chi connectivity index (χ4n) is 4.51. The van der Waals surface area contributed by atoms with Gasteiger partial charge < -0.3 is 0 Å². The van der Waals surface area contributed by atoms with Crippen molar-refractivity contribution < 1.29 is 19.4 Å². The van der Waals surface area contributed by atoms with E-state index >= 15 is 0 Å². The summed E-state index contributed by atoms with van der Waals surface area (Å²) in [6.07, 6.45) is 4.19. The number of amides is 1. The van der Waals surface area contributed by atoms with Crippen LogP contribution in [0.4, 0.5) is 5.13 Å². The fourth-order valence-corrected chi connectivity index (χ4v) is 5.57. The summed E-state index contributed by atoms with van der Waals surface area (Å²) in [5, 5.41) is 10.2. The quantitative estimate of drug-likeness (QED) is 0.284. The van der Waals surface area contributed by atoms with E-state index in [2.05, 4.69) is 22.3 Å². The Morgan fingerprint density at radius 1 is 0.972 bits per heavy atom. The minimum Gasteiger partial charge on any atom is -0.298 e. The molecule has 1 saturated carbocycles. The molecule has 1 fully saturated rings. The summed E-state index contributed by atoms with van der Waals surface area (Å²) in [7, 11) is 0. The summed E-state index contributed by atoms with van der Waals surface area (Å²) in [5.74, 6) is -0.119. The number of nitrogens with zero attached hydrogens (tertiary/aromatic N) is 3. The Kier molecular flexibility index (Phi) is 8.16. The third-order valence-electron chi connectivity index (χ3n) is 6.32. The highest BCUT2D eigenvalue weighted by Crippen LogP contribution is 2.35. The molecule has 36 heavy (non-hydrogen) atoms. The van der Waals surface area contributed by atoms with Gasteiger partial charge in [0.25, 0.3) is 5.91 Å². The van der Waals surface area contributed by atoms with Gasteiger partial charge in [0.1, 0.15) is 11.1 Å². The van der Waals surface area contributed by atoms with Gasteiger partial charge >= 0.3 is 5.97 Å². The number of anilines is 1. The normalized spacial score (nSPS) is 18.0. The van der Waals surface area contributed by atoms with Crippen LogP contribution in [0.15, 0.2) is 54.6 Å². The van der Waals surface area contributed by atoms with E-state index in [4.69, 9.17) is 9.78 Å². The van der Waals surface area contributed by atoms with Crippen molar-refractivity contribution in [2.45, 2.75) is 77.4 Å². The highest BCUT2D eigenvalue weighted by molar-refractivity contribution is 7.15. The van der Waals surface area contributed by atoms with Crippen LogP contribution in [0.1, 0.15) is 85.8 Å². The zero-order valence-corrected chi connectivity index (χ0v) is 22.1. The molecule has 7 nitrogen and oxygen atoms in total. The Bertz CT molecular complexity index is 1160. The van der Waals surface area contributed by atoms with Crippen molar-refractivity contribution in [3.63, 3.8) is 0 Å². The average molecular weight is 508 g/mol. The van der Waals surface area contributed by atoms with Crippen LogP contribution in [0.25, 0.3) is 0 Å². The molecule has 0 bridgehead atoms. The Hall–Kier alpha value is -3.10. The molecule has 0 unspecified atom stereocenters. The maximum absolute atomic E-state index is 13.6. The number of rotatable bonds is 7. The lowest BCUT2D eigenvalue weighted by Crippen LogP contribution is -2.46. The Balaban J connectivity index is 1.44. The molecule has 190 valence electrons. The molecule has 3 aromatic rings. The van der Waals surface area contributed by atoms with Crippen molar-refractivity contribution in [1.29, 1.82) is 0 Å². The first kappa shape index (κ1) is 26.0. The van der Waals surface area contributed by atoms with Crippen molar-refractivity contribution in [2.75, 3.05) is 4.90 Å². The molecule has 1 amide bonds. The zero-order valence-electron chi connectivity index (χ0n) is 21.3. The molecule has 8 heteroatoms. The monoisotopic (exact) mass is 507 g/mol. The van der Waals surface area contributed by atoms with Crippen molar-refractivity contribution in [3.05, 3.63) is 76.3 Å². The summed E-state index contributed by atoms with van der Waals surface area (Å²) in [5.41, 5.74) is 2.54. The zero-order chi connectivity index (χ0) is 25.7. The van der Waals surface area contributed by atoms with Crippen LogP contribution in [0.2, 0.25) is 0 Å². The lowest BCUT2D eigenvalue weighted by Gasteiger charge is -2.33. The van der Waals surface area contributed by atoms with Gasteiger partial charge in [-0.2, -0.15) is 4.89 Å². The molecule has 0 atom stereocenters. The predicted octanol–water partition coefficient (Wildman–Crippen LogP) is 6.10. The van der Waals surface area contributed by atoms with E-state index < -0.39 is 11.5 Å². The maximum atomic E-state index is 13.6. The largest absolute Gasteiger partial charge is 0.339 e. The van der Waals surface area contributed by atoms with E-state index in [1.807, 2.05) is 63.2 Å². The number of carbonyl (C=O) groups is 2. The van der Waals surface area contributed by atoms with E-state index in [0.29, 0.717) is 23.0 Å². The molecule has 4 rings (SSSR count). The van der Waals surface area contributed by atoms with Crippen LogP contribution in [-0.2, 0) is 21.0 Å². The molecule has 0 radical (unpaired) electrons. The summed E-state index contributed by atoms with van der Waals surface area (Å²) in [6, 6.07) is 18.0. The van der Waals surface area contributed by atoms with Gasteiger partial charge in [-0.15, -0.1) is 10.2 Å². The number of hydrogen-bond acceptors (Lipinski definition) is 7. The van der Waals surface area contributed by atoms with Gasteiger partial charge in [0.05, 0.1) is 0 Å². The summed E-state index contributed by atoms with van der Waals surface area (Å²) in [6.45, 7) is 7.36. The van der Waals surface area contributed by atoms with E-state index in [0.717, 1.165) is 36.3 Å². The van der Waals surface area contributed by atoms with Crippen LogP contribution < -0.4 is 4.90 Å². The molecule has 1 aromatic heterocycles. The van der Waals surface area contributed by atoms with Crippen molar-refractivity contribution in [1.82, 2.24) is 10.2 Å². The van der Waals surface area contributed by atoms with Crippen LogP contribution >= 0.6 is 11.3 Å². The third-order valence-corrected chi connectivity index (χ3v) is 7.23. The smallest absolute Gasteiger partial charge is 0.298 e. The SMILES string of the molecule is CC(=O)OOC1CCC(c2ccc(C(=O)N(c3nnc(Cc4ccccc4)s3)C(C)(C)C)cc2)CC1. The molecule has 1 heterocycles. The molecule has 1 aliphatic rings. The van der Waals surface area contributed by atoms with Gasteiger partial charge in [-0.25, -0.2) is 4.79 Å². The van der Waals surface area contributed by atoms with Gasteiger partial charge in [0.2, 0.25) is 5.13 Å². The van der Waals surface area contributed by atoms with E-state index in [1.54, 1.807) is 4.90 Å². The van der Waals surface area contributed by atoms with Gasteiger partial charge in [-0.3, -0.25) is 14.6 Å². The summed E-state index contributed by atoms with van der Waals surface area (Å²) < 4.78 is 0. The van der Waals surface area contributed by atoms with Crippen molar-refractivity contribution in [3.8, 4) is 0 Å². The number of aromatic nitrogens is 2. The lowest BCUT2D eigenvalue weighted by atomic mass is 9.82. The van der Waals surface area contributed by atoms with Crippen LogP contribution in [0.3, 0.4) is 0 Å². The van der Waals surface area contributed by atoms with Gasteiger partial charge in [-0.1, -0.05) is 53.8 Å². The minimum atomic E-state index is -0.459. The molecule has 0 aliphatic heterocycles. The fraction of sp³-hybridized carbons (Fsp3) is 0.429. The van der Waals surface area contributed by atoms with E-state index in [9.17, 15) is 9.59 Å². The molecule has 0 saturated heterocycles. The topological polar surface area (TPSA) is 81.6 Å². The predicted molar refractivity (Wildman–Crippen MR) is 140 cm³/mol. The molecular weight excluding hydrogens is 474 g/mol. The lowest BCUT2D eigenvalue weighted by molar-refractivity contribution is -0.300. The molecule has 1 aliphatic carbocycles. The molecular formula is C28H33N3O4S. The van der Waals surface area contributed by atoms with Crippen LogP contribution in [0.5, 0.6) is 0 Å². The molecule has 2 aromatic carbocycles. The molecule has 0 N–H and O–H groups in total. The van der Waals surface area contributed by atoms with Crippen LogP contribution in [0, 0.1) is 0 Å². The van der Waals surface area contributed by atoms with E-state index in [1.165, 1.54) is 23.8 Å². The van der Waals surface area contributed by atoms with Gasteiger partial charge in [-0.05, 0) is 75.6 Å². The number of benzene rings is 2. The highest BCUT2D eigenvalue weighted by Gasteiger charge is 2.32. The molecule has 0 spiro atoms. The Labute approximate surface area is 216 Å². The summed E-state index contributed by atoms with van der Waals surface area (Å²) >= 11 is 1.46. The minimum absolute atomic E-state index is 0.0509. The van der Waals surface area contributed by atoms with Gasteiger partial charge in [0, 0.05) is 24.4 Å². The van der Waals surface area contributed by atoms with Gasteiger partial charge in [0.15, 0.2) is 0 Å². The van der Waals surface area contributed by atoms with Crippen LogP contribution in [-0.4, -0.2) is 33.7 Å². The van der Waals surface area contributed by atoms with Crippen molar-refractivity contribution >= 4 is 28.3 Å². The second-order valence-corrected chi connectivity index (χ2v) is 11.3. The van der Waals surface area contributed by atoms with Crippen molar-refractivity contribution in [2.24, 2.45) is 0 Å². The maximum Gasteiger partial charge on any atom is 0.339 e. The second kappa shape index (κ2) is 11.3.